The van der Waals surface area contributed by atoms with Crippen molar-refractivity contribution >= 4 is 15.9 Å². The smallest absolute Gasteiger partial charge is 0.242 e. The lowest BCUT2D eigenvalue weighted by molar-refractivity contribution is -0.121. The Morgan fingerprint density at radius 1 is 1.33 bits per heavy atom. The molecule has 0 bridgehead atoms. The zero-order chi connectivity index (χ0) is 18.3. The number of aryl methyl sites for hydroxylation is 1. The molecule has 7 heteroatoms. The van der Waals surface area contributed by atoms with Gasteiger partial charge in [-0.15, -0.1) is 0 Å². The molecule has 0 fully saturated rings. The topological polar surface area (TPSA) is 75.7 Å². The van der Waals surface area contributed by atoms with Crippen molar-refractivity contribution in [1.29, 1.82) is 0 Å². The van der Waals surface area contributed by atoms with Gasteiger partial charge in [0.2, 0.25) is 15.9 Å². The number of nitrogens with one attached hydrogen (secondary N) is 1. The van der Waals surface area contributed by atoms with E-state index in [4.69, 9.17) is 4.74 Å². The lowest BCUT2D eigenvalue weighted by Gasteiger charge is -2.15. The number of carbonyl (C=O) groups is 1. The zero-order valence-electron chi connectivity index (χ0n) is 15.1. The van der Waals surface area contributed by atoms with Gasteiger partial charge >= 0.3 is 0 Å². The fourth-order valence-electron chi connectivity index (χ4n) is 2.42. The average Bonchev–Trinajstić information content (AvgIpc) is 2.52. The first-order valence-electron chi connectivity index (χ1n) is 8.11. The first kappa shape index (κ1) is 20.4. The largest absolute Gasteiger partial charge is 0.496 e. The van der Waals surface area contributed by atoms with Gasteiger partial charge in [-0.25, -0.2) is 12.7 Å². The summed E-state index contributed by atoms with van der Waals surface area (Å²) in [5, 5.41) is 2.95. The third kappa shape index (κ3) is 5.49. The van der Waals surface area contributed by atoms with Crippen LogP contribution in [0.5, 0.6) is 5.75 Å². The van der Waals surface area contributed by atoms with E-state index in [9.17, 15) is 13.2 Å². The van der Waals surface area contributed by atoms with E-state index in [2.05, 4.69) is 12.2 Å². The second-order valence-corrected chi connectivity index (χ2v) is 8.17. The minimum atomic E-state index is -3.51. The van der Waals surface area contributed by atoms with E-state index < -0.39 is 10.0 Å². The third-order valence-electron chi connectivity index (χ3n) is 3.78. The Balaban J connectivity index is 2.88. The highest BCUT2D eigenvalue weighted by Crippen LogP contribution is 2.25. The van der Waals surface area contributed by atoms with Gasteiger partial charge in [0.25, 0.3) is 0 Å². The molecule has 0 spiro atoms. The second-order valence-electron chi connectivity index (χ2n) is 6.02. The van der Waals surface area contributed by atoms with Gasteiger partial charge in [0.05, 0.1) is 12.0 Å². The van der Waals surface area contributed by atoms with E-state index in [1.54, 1.807) is 12.1 Å². The minimum Gasteiger partial charge on any atom is -0.496 e. The molecule has 0 radical (unpaired) electrons. The zero-order valence-corrected chi connectivity index (χ0v) is 15.9. The first-order valence-corrected chi connectivity index (χ1v) is 9.55. The molecule has 1 aromatic rings. The van der Waals surface area contributed by atoms with E-state index in [1.807, 2.05) is 6.92 Å². The third-order valence-corrected chi connectivity index (χ3v) is 5.59. The van der Waals surface area contributed by atoms with Crippen LogP contribution in [0.15, 0.2) is 23.1 Å². The quantitative estimate of drug-likeness (QED) is 0.736. The van der Waals surface area contributed by atoms with E-state index in [0.717, 1.165) is 17.1 Å². The molecule has 0 saturated carbocycles. The number of hydrogen-bond acceptors (Lipinski definition) is 4. The fraction of sp³-hybridized carbons (Fsp3) is 0.588. The lowest BCUT2D eigenvalue weighted by Crippen LogP contribution is -2.32. The highest BCUT2D eigenvalue weighted by atomic mass is 32.2. The van der Waals surface area contributed by atoms with Crippen LogP contribution in [0.25, 0.3) is 0 Å². The fourth-order valence-corrected chi connectivity index (χ4v) is 3.37. The van der Waals surface area contributed by atoms with Gasteiger partial charge in [0.15, 0.2) is 0 Å². The van der Waals surface area contributed by atoms with Crippen molar-refractivity contribution in [2.24, 2.45) is 0 Å². The van der Waals surface area contributed by atoms with Crippen LogP contribution in [0.4, 0.5) is 0 Å². The Labute approximate surface area is 145 Å². The Hall–Kier alpha value is -1.60. The number of carbonyl (C=O) groups excluding carboxylic acids is 1. The number of hydrogen-bond donors (Lipinski definition) is 1. The molecule has 0 aromatic heterocycles. The van der Waals surface area contributed by atoms with Crippen molar-refractivity contribution in [3.8, 4) is 5.75 Å². The SMILES string of the molecule is CCC[C@@H](C)NC(=O)CCc1cc(S(=O)(=O)N(C)C)ccc1OC. The molecular formula is C17H28N2O4S. The second kappa shape index (κ2) is 9.03. The monoisotopic (exact) mass is 356 g/mol. The van der Waals surface area contributed by atoms with Gasteiger partial charge in [-0.2, -0.15) is 0 Å². The van der Waals surface area contributed by atoms with E-state index in [-0.39, 0.29) is 23.3 Å². The standard InChI is InChI=1S/C17H28N2O4S/c1-6-7-13(2)18-17(20)11-8-14-12-15(9-10-16(14)23-5)24(21,22)19(3)4/h9-10,12-13H,6-8,11H2,1-5H3,(H,18,20)/t13-/m1/s1. The predicted molar refractivity (Wildman–Crippen MR) is 94.7 cm³/mol. The Morgan fingerprint density at radius 3 is 2.54 bits per heavy atom. The summed E-state index contributed by atoms with van der Waals surface area (Å²) in [6, 6.07) is 4.87. The number of ether oxygens (including phenoxy) is 1. The predicted octanol–water partition coefficient (Wildman–Crippen LogP) is 2.18. The molecule has 1 rings (SSSR count). The van der Waals surface area contributed by atoms with Crippen LogP contribution < -0.4 is 10.1 Å². The van der Waals surface area contributed by atoms with Crippen molar-refractivity contribution in [3.05, 3.63) is 23.8 Å². The van der Waals surface area contributed by atoms with Crippen molar-refractivity contribution < 1.29 is 17.9 Å². The summed E-state index contributed by atoms with van der Waals surface area (Å²) in [5.41, 5.74) is 0.707. The number of rotatable bonds is 9. The number of amides is 1. The molecule has 0 aliphatic rings. The maximum atomic E-state index is 12.2. The van der Waals surface area contributed by atoms with Gasteiger partial charge in [-0.05, 0) is 43.5 Å². The maximum Gasteiger partial charge on any atom is 0.242 e. The molecule has 136 valence electrons. The highest BCUT2D eigenvalue weighted by Gasteiger charge is 2.19. The van der Waals surface area contributed by atoms with Gasteiger partial charge in [0, 0.05) is 26.6 Å². The average molecular weight is 356 g/mol. The first-order chi connectivity index (χ1) is 11.2. The molecule has 6 nitrogen and oxygen atoms in total. The van der Waals surface area contributed by atoms with Crippen LogP contribution in [0.1, 0.15) is 38.7 Å². The molecule has 0 unspecified atom stereocenters. The minimum absolute atomic E-state index is 0.0427. The summed E-state index contributed by atoms with van der Waals surface area (Å²) in [7, 11) is 0.994. The number of benzene rings is 1. The number of nitrogens with zero attached hydrogens (tertiary/aromatic N) is 1. The van der Waals surface area contributed by atoms with Gasteiger partial charge < -0.3 is 10.1 Å². The molecule has 24 heavy (non-hydrogen) atoms. The highest BCUT2D eigenvalue weighted by molar-refractivity contribution is 7.89. The normalized spacial score (nSPS) is 12.9. The van der Waals surface area contributed by atoms with Crippen LogP contribution in [0.2, 0.25) is 0 Å². The van der Waals surface area contributed by atoms with Crippen molar-refractivity contribution in [1.82, 2.24) is 9.62 Å². The molecule has 0 aliphatic carbocycles. The van der Waals surface area contributed by atoms with Gasteiger partial charge in [0.1, 0.15) is 5.75 Å². The van der Waals surface area contributed by atoms with Crippen LogP contribution >= 0.6 is 0 Å². The van der Waals surface area contributed by atoms with Crippen molar-refractivity contribution in [3.63, 3.8) is 0 Å². The van der Waals surface area contributed by atoms with E-state index >= 15 is 0 Å². The molecule has 0 aliphatic heterocycles. The lowest BCUT2D eigenvalue weighted by atomic mass is 10.1. The molecular weight excluding hydrogens is 328 g/mol. The van der Waals surface area contributed by atoms with Crippen LogP contribution in [-0.2, 0) is 21.2 Å². The molecule has 1 aromatic carbocycles. The number of methoxy groups -OCH3 is 1. The Morgan fingerprint density at radius 2 is 2.00 bits per heavy atom. The van der Waals surface area contributed by atoms with Crippen LogP contribution in [0.3, 0.4) is 0 Å². The van der Waals surface area contributed by atoms with E-state index in [0.29, 0.717) is 17.7 Å². The van der Waals surface area contributed by atoms with Crippen molar-refractivity contribution in [2.45, 2.75) is 50.5 Å². The Kier molecular flexibility index (Phi) is 7.69. The summed E-state index contributed by atoms with van der Waals surface area (Å²) >= 11 is 0. The summed E-state index contributed by atoms with van der Waals surface area (Å²) in [4.78, 5) is 12.2. The molecule has 0 saturated heterocycles. The summed E-state index contributed by atoms with van der Waals surface area (Å²) in [5.74, 6) is 0.543. The molecule has 1 N–H and O–H groups in total. The summed E-state index contributed by atoms with van der Waals surface area (Å²) in [6.45, 7) is 4.05. The van der Waals surface area contributed by atoms with Gasteiger partial charge in [-0.1, -0.05) is 13.3 Å². The number of sulfonamides is 1. The molecule has 1 amide bonds. The van der Waals surface area contributed by atoms with E-state index in [1.165, 1.54) is 27.3 Å². The molecule has 1 atom stereocenters. The Bertz CT molecular complexity index is 657. The summed E-state index contributed by atoms with van der Waals surface area (Å²) < 4.78 is 30.9. The molecule has 0 heterocycles. The van der Waals surface area contributed by atoms with Crippen LogP contribution in [-0.4, -0.2) is 45.9 Å². The maximum absolute atomic E-state index is 12.2. The van der Waals surface area contributed by atoms with Gasteiger partial charge in [-0.3, -0.25) is 4.79 Å². The van der Waals surface area contributed by atoms with Crippen LogP contribution in [0, 0.1) is 0 Å². The van der Waals surface area contributed by atoms with Crippen molar-refractivity contribution in [2.75, 3.05) is 21.2 Å². The summed E-state index contributed by atoms with van der Waals surface area (Å²) in [6.07, 6.45) is 2.66.